The van der Waals surface area contributed by atoms with E-state index in [2.05, 4.69) is 20.4 Å². The van der Waals surface area contributed by atoms with E-state index in [1.54, 1.807) is 0 Å². The van der Waals surface area contributed by atoms with Gasteiger partial charge in [-0.3, -0.25) is 9.59 Å². The summed E-state index contributed by atoms with van der Waals surface area (Å²) in [6.45, 7) is 11.8. The number of hydrogen-bond donors (Lipinski definition) is 0. The average Bonchev–Trinajstić information content (AvgIpc) is 2.58. The SMILES string of the molecule is C=C(C)[C@@H]1C[C@@]2(C)C(=O)[C@@]3(C)C[C@@H]1[C@@H]2C[C@H]3OC(C)=O. The van der Waals surface area contributed by atoms with Gasteiger partial charge in [0, 0.05) is 12.3 Å². The Bertz CT molecular complexity index is 508. The van der Waals surface area contributed by atoms with Crippen LogP contribution >= 0.6 is 0 Å². The molecule has 4 rings (SSSR count). The first-order valence-corrected chi connectivity index (χ1v) is 7.57. The van der Waals surface area contributed by atoms with Crippen LogP contribution in [0.15, 0.2) is 12.2 Å². The van der Waals surface area contributed by atoms with E-state index in [-0.39, 0.29) is 17.5 Å². The molecule has 4 aliphatic carbocycles. The van der Waals surface area contributed by atoms with Crippen LogP contribution in [-0.4, -0.2) is 17.9 Å². The van der Waals surface area contributed by atoms with Crippen LogP contribution in [0.5, 0.6) is 0 Å². The molecule has 0 aromatic carbocycles. The van der Waals surface area contributed by atoms with Gasteiger partial charge in [0.1, 0.15) is 11.9 Å². The molecule has 0 heterocycles. The molecule has 0 N–H and O–H groups in total. The third-order valence-corrected chi connectivity index (χ3v) is 6.31. The molecule has 4 saturated carbocycles. The maximum Gasteiger partial charge on any atom is 0.302 e. The average molecular weight is 276 g/mol. The lowest BCUT2D eigenvalue weighted by atomic mass is 9.48. The van der Waals surface area contributed by atoms with Crippen molar-refractivity contribution >= 4 is 11.8 Å². The second kappa shape index (κ2) is 3.96. The van der Waals surface area contributed by atoms with Gasteiger partial charge < -0.3 is 4.74 Å². The summed E-state index contributed by atoms with van der Waals surface area (Å²) in [5.41, 5.74) is 0.467. The van der Waals surface area contributed by atoms with Gasteiger partial charge in [0.05, 0.1) is 5.41 Å². The largest absolute Gasteiger partial charge is 0.461 e. The number of allylic oxidation sites excluding steroid dienone is 1. The monoisotopic (exact) mass is 276 g/mol. The first-order chi connectivity index (χ1) is 9.20. The molecule has 0 radical (unpaired) electrons. The molecule has 4 fully saturated rings. The third kappa shape index (κ3) is 1.52. The molecule has 0 spiro atoms. The molecule has 0 saturated heterocycles. The van der Waals surface area contributed by atoms with Gasteiger partial charge in [0.2, 0.25) is 0 Å². The number of rotatable bonds is 2. The molecule has 110 valence electrons. The topological polar surface area (TPSA) is 43.4 Å². The van der Waals surface area contributed by atoms with E-state index in [0.29, 0.717) is 23.5 Å². The van der Waals surface area contributed by atoms with Crippen molar-refractivity contribution in [2.45, 2.75) is 53.1 Å². The van der Waals surface area contributed by atoms with Crippen LogP contribution in [0.1, 0.15) is 47.0 Å². The maximum absolute atomic E-state index is 13.0. The Morgan fingerprint density at radius 3 is 2.45 bits per heavy atom. The van der Waals surface area contributed by atoms with E-state index in [4.69, 9.17) is 4.74 Å². The molecule has 0 aliphatic heterocycles. The third-order valence-electron chi connectivity index (χ3n) is 6.31. The summed E-state index contributed by atoms with van der Waals surface area (Å²) in [4.78, 5) is 24.3. The molecule has 20 heavy (non-hydrogen) atoms. The second-order valence-electron chi connectivity index (χ2n) is 7.63. The normalized spacial score (nSPS) is 49.3. The number of Topliss-reactive ketones (excluding diaryl/α,β-unsaturated/α-hetero) is 1. The van der Waals surface area contributed by atoms with Gasteiger partial charge in [-0.1, -0.05) is 19.1 Å². The molecule has 3 nitrogen and oxygen atoms in total. The highest BCUT2D eigenvalue weighted by molar-refractivity contribution is 5.93. The Hall–Kier alpha value is -1.12. The van der Waals surface area contributed by atoms with Crippen LogP contribution in [-0.2, 0) is 14.3 Å². The van der Waals surface area contributed by atoms with E-state index in [0.717, 1.165) is 19.3 Å². The summed E-state index contributed by atoms with van der Waals surface area (Å²) in [6, 6.07) is 0. The smallest absolute Gasteiger partial charge is 0.302 e. The Morgan fingerprint density at radius 1 is 1.25 bits per heavy atom. The van der Waals surface area contributed by atoms with Gasteiger partial charge in [-0.15, -0.1) is 0 Å². The van der Waals surface area contributed by atoms with Gasteiger partial charge >= 0.3 is 5.97 Å². The molecule has 3 heteroatoms. The van der Waals surface area contributed by atoms with Crippen LogP contribution in [0, 0.1) is 28.6 Å². The summed E-state index contributed by atoms with van der Waals surface area (Å²) < 4.78 is 5.48. The zero-order chi connectivity index (χ0) is 14.9. The van der Waals surface area contributed by atoms with Gasteiger partial charge in [-0.05, 0) is 50.9 Å². The number of esters is 1. The van der Waals surface area contributed by atoms with Crippen LogP contribution < -0.4 is 0 Å². The predicted octanol–water partition coefficient (Wildman–Crippen LogP) is 3.14. The zero-order valence-electron chi connectivity index (χ0n) is 12.9. The van der Waals surface area contributed by atoms with Crippen LogP contribution in [0.25, 0.3) is 0 Å². The van der Waals surface area contributed by atoms with Crippen molar-refractivity contribution in [2.24, 2.45) is 28.6 Å². The van der Waals surface area contributed by atoms with Crippen molar-refractivity contribution in [3.05, 3.63) is 12.2 Å². The van der Waals surface area contributed by atoms with E-state index in [1.165, 1.54) is 12.5 Å². The standard InChI is InChI=1S/C17H24O3/c1-9(2)11-7-16(4)13-6-14(20-10(3)18)17(5,15(16)19)8-12(11)13/h11-14H,1,6-8H2,2-5H3/t11-,12-,13-,14+,16+,17-/m0/s1. The molecule has 0 aromatic heterocycles. The minimum absolute atomic E-state index is 0.231. The van der Waals surface area contributed by atoms with Crippen LogP contribution in [0.4, 0.5) is 0 Å². The molecule has 0 amide bonds. The number of fused-ring (bicyclic) bond motifs is 1. The first kappa shape index (κ1) is 13.8. The highest BCUT2D eigenvalue weighted by atomic mass is 16.5. The fraction of sp³-hybridized carbons (Fsp3) is 0.765. The van der Waals surface area contributed by atoms with E-state index in [1.807, 2.05) is 6.92 Å². The van der Waals surface area contributed by atoms with Gasteiger partial charge in [-0.2, -0.15) is 0 Å². The fourth-order valence-corrected chi connectivity index (χ4v) is 5.41. The Morgan fingerprint density at radius 2 is 1.90 bits per heavy atom. The summed E-state index contributed by atoms with van der Waals surface area (Å²) >= 11 is 0. The Kier molecular flexibility index (Phi) is 2.74. The molecular weight excluding hydrogens is 252 g/mol. The molecule has 6 atom stereocenters. The number of hydrogen-bond acceptors (Lipinski definition) is 3. The van der Waals surface area contributed by atoms with Crippen molar-refractivity contribution in [1.82, 2.24) is 0 Å². The van der Waals surface area contributed by atoms with E-state index >= 15 is 0 Å². The quantitative estimate of drug-likeness (QED) is 0.575. The molecular formula is C17H24O3. The van der Waals surface area contributed by atoms with Crippen molar-refractivity contribution in [1.29, 1.82) is 0 Å². The van der Waals surface area contributed by atoms with Gasteiger partial charge in [0.15, 0.2) is 0 Å². The fourth-order valence-electron chi connectivity index (χ4n) is 5.41. The molecule has 0 aromatic rings. The number of ketones is 1. The summed E-state index contributed by atoms with van der Waals surface area (Å²) in [7, 11) is 0. The minimum Gasteiger partial charge on any atom is -0.461 e. The summed E-state index contributed by atoms with van der Waals surface area (Å²) in [5.74, 6) is 1.38. The second-order valence-corrected chi connectivity index (χ2v) is 7.63. The number of carbonyl (C=O) groups excluding carboxylic acids is 2. The van der Waals surface area contributed by atoms with E-state index in [9.17, 15) is 9.59 Å². The molecule has 0 unspecified atom stereocenters. The Balaban J connectivity index is 2.00. The molecule has 4 aliphatic rings. The number of ether oxygens (including phenoxy) is 1. The molecule has 4 bridgehead atoms. The number of carbonyl (C=O) groups is 2. The predicted molar refractivity (Wildman–Crippen MR) is 75.9 cm³/mol. The van der Waals surface area contributed by atoms with Crippen molar-refractivity contribution in [2.75, 3.05) is 0 Å². The van der Waals surface area contributed by atoms with Crippen molar-refractivity contribution in [3.8, 4) is 0 Å². The lowest BCUT2D eigenvalue weighted by molar-refractivity contribution is -0.185. The zero-order valence-corrected chi connectivity index (χ0v) is 12.9. The lowest BCUT2D eigenvalue weighted by Gasteiger charge is -2.56. The van der Waals surface area contributed by atoms with E-state index < -0.39 is 5.41 Å². The summed E-state index contributed by atoms with van der Waals surface area (Å²) in [6.07, 6.45) is 2.39. The highest BCUT2D eigenvalue weighted by Crippen LogP contribution is 2.68. The summed E-state index contributed by atoms with van der Waals surface area (Å²) in [5, 5.41) is 0. The Labute approximate surface area is 120 Å². The van der Waals surface area contributed by atoms with Crippen LogP contribution in [0.2, 0.25) is 0 Å². The maximum atomic E-state index is 13.0. The van der Waals surface area contributed by atoms with Gasteiger partial charge in [0.25, 0.3) is 0 Å². The lowest BCUT2D eigenvalue weighted by Crippen LogP contribution is -2.61. The first-order valence-electron chi connectivity index (χ1n) is 7.57. The van der Waals surface area contributed by atoms with Crippen LogP contribution in [0.3, 0.4) is 0 Å². The van der Waals surface area contributed by atoms with Crippen molar-refractivity contribution < 1.29 is 14.3 Å². The van der Waals surface area contributed by atoms with Crippen molar-refractivity contribution in [3.63, 3.8) is 0 Å². The minimum atomic E-state index is -0.496. The van der Waals surface area contributed by atoms with Gasteiger partial charge in [-0.25, -0.2) is 0 Å². The highest BCUT2D eigenvalue weighted by Gasteiger charge is 2.70.